The Kier molecular flexibility index (Phi) is 6.48. The van der Waals surface area contributed by atoms with E-state index in [9.17, 15) is 9.59 Å². The van der Waals surface area contributed by atoms with E-state index in [1.807, 2.05) is 50.2 Å². The second-order valence-corrected chi connectivity index (χ2v) is 9.61. The second-order valence-electron chi connectivity index (χ2n) is 9.61. The number of amides is 1. The predicted molar refractivity (Wildman–Crippen MR) is 138 cm³/mol. The van der Waals surface area contributed by atoms with Gasteiger partial charge in [-0.25, -0.2) is 0 Å². The number of rotatable bonds is 7. The molecule has 0 saturated carbocycles. The van der Waals surface area contributed by atoms with Crippen LogP contribution in [-0.2, 0) is 14.3 Å². The number of benzene rings is 2. The van der Waals surface area contributed by atoms with Crippen molar-refractivity contribution in [3.63, 3.8) is 0 Å². The Morgan fingerprint density at radius 2 is 1.86 bits per heavy atom. The molecule has 188 valence electrons. The number of ether oxygens (including phenoxy) is 3. The molecule has 0 bridgehead atoms. The Labute approximate surface area is 211 Å². The lowest BCUT2D eigenvalue weighted by molar-refractivity contribution is -0.152. The summed E-state index contributed by atoms with van der Waals surface area (Å²) in [5, 5.41) is 1.01. The third kappa shape index (κ3) is 4.12. The molecule has 1 atom stereocenters. The summed E-state index contributed by atoms with van der Waals surface area (Å²) in [7, 11) is 3.28. The van der Waals surface area contributed by atoms with Gasteiger partial charge in [-0.2, -0.15) is 0 Å². The third-order valence-corrected chi connectivity index (χ3v) is 7.03. The van der Waals surface area contributed by atoms with Gasteiger partial charge >= 0.3 is 5.97 Å². The van der Waals surface area contributed by atoms with Crippen LogP contribution in [0.5, 0.6) is 11.5 Å². The first-order valence-electron chi connectivity index (χ1n) is 12.5. The van der Waals surface area contributed by atoms with Crippen LogP contribution >= 0.6 is 0 Å². The van der Waals surface area contributed by atoms with E-state index in [1.54, 1.807) is 19.1 Å². The maximum absolute atomic E-state index is 13.7. The molecule has 5 rings (SSSR count). The first-order chi connectivity index (χ1) is 17.4. The van der Waals surface area contributed by atoms with Gasteiger partial charge in [-0.3, -0.25) is 9.59 Å². The van der Waals surface area contributed by atoms with Crippen molar-refractivity contribution in [2.24, 2.45) is 0 Å². The van der Waals surface area contributed by atoms with Crippen LogP contribution < -0.4 is 9.47 Å². The van der Waals surface area contributed by atoms with E-state index >= 15 is 0 Å². The van der Waals surface area contributed by atoms with Crippen LogP contribution in [0.4, 0.5) is 0 Å². The molecule has 3 aromatic rings. The molecule has 0 saturated heterocycles. The van der Waals surface area contributed by atoms with Gasteiger partial charge in [0.1, 0.15) is 18.0 Å². The minimum absolute atomic E-state index is 0.0655. The highest BCUT2D eigenvalue weighted by atomic mass is 16.5. The van der Waals surface area contributed by atoms with Crippen molar-refractivity contribution in [2.45, 2.75) is 51.7 Å². The summed E-state index contributed by atoms with van der Waals surface area (Å²) in [6.45, 7) is 3.54. The quantitative estimate of drug-likeness (QED) is 0.441. The maximum atomic E-state index is 13.7. The Morgan fingerprint density at radius 1 is 1.08 bits per heavy atom. The number of H-pyrrole nitrogens is 1. The van der Waals surface area contributed by atoms with Gasteiger partial charge in [0.05, 0.1) is 32.1 Å². The van der Waals surface area contributed by atoms with Crippen LogP contribution in [0.2, 0.25) is 0 Å². The van der Waals surface area contributed by atoms with E-state index in [0.29, 0.717) is 11.5 Å². The van der Waals surface area contributed by atoms with Crippen LogP contribution in [-0.4, -0.2) is 48.6 Å². The molecule has 1 amide bonds. The summed E-state index contributed by atoms with van der Waals surface area (Å²) >= 11 is 0. The van der Waals surface area contributed by atoms with E-state index in [2.05, 4.69) is 11.1 Å². The fourth-order valence-electron chi connectivity index (χ4n) is 5.56. The number of carbonyl (C=O) groups is 2. The molecule has 1 aromatic heterocycles. The van der Waals surface area contributed by atoms with Gasteiger partial charge in [-0.15, -0.1) is 0 Å². The molecule has 2 aromatic carbocycles. The summed E-state index contributed by atoms with van der Waals surface area (Å²) in [5.41, 5.74) is 5.56. The number of para-hydroxylation sites is 1. The van der Waals surface area contributed by atoms with Crippen molar-refractivity contribution in [2.75, 3.05) is 20.8 Å². The number of nitrogens with zero attached hydrogens (tertiary/aromatic N) is 1. The number of methoxy groups -OCH3 is 2. The lowest BCUT2D eigenvalue weighted by Crippen LogP contribution is -2.36. The normalized spacial score (nSPS) is 17.6. The molecule has 0 unspecified atom stereocenters. The SMILES string of the molecule is COc1ccc(OC)c(-c2[nH]c3ccccc3c2[C@H]2C3=C(CCCC3)C(=O)N2CC(=O)OC(C)C)c1. The summed E-state index contributed by atoms with van der Waals surface area (Å²) < 4.78 is 16.7. The van der Waals surface area contributed by atoms with Crippen molar-refractivity contribution in [3.8, 4) is 22.8 Å². The Bertz CT molecular complexity index is 1350. The average molecular weight is 489 g/mol. The fourth-order valence-corrected chi connectivity index (χ4v) is 5.56. The summed E-state index contributed by atoms with van der Waals surface area (Å²) in [6.07, 6.45) is 3.32. The van der Waals surface area contributed by atoms with Gasteiger partial charge in [0.25, 0.3) is 5.91 Å². The minimum Gasteiger partial charge on any atom is -0.497 e. The number of fused-ring (bicyclic) bond motifs is 1. The van der Waals surface area contributed by atoms with Crippen LogP contribution in [0.1, 0.15) is 51.1 Å². The lowest BCUT2D eigenvalue weighted by atomic mass is 9.86. The summed E-state index contributed by atoms with van der Waals surface area (Å²) in [4.78, 5) is 31.8. The molecule has 1 N–H and O–H groups in total. The number of aromatic nitrogens is 1. The molecule has 0 fully saturated rings. The zero-order valence-electron chi connectivity index (χ0n) is 21.2. The molecular formula is C29H32N2O5. The number of nitrogens with one attached hydrogen (secondary N) is 1. The topological polar surface area (TPSA) is 80.9 Å². The first-order valence-corrected chi connectivity index (χ1v) is 12.5. The molecule has 0 spiro atoms. The van der Waals surface area contributed by atoms with E-state index in [0.717, 1.165) is 64.6 Å². The zero-order valence-corrected chi connectivity index (χ0v) is 21.2. The molecule has 7 nitrogen and oxygen atoms in total. The number of hydrogen-bond acceptors (Lipinski definition) is 5. The van der Waals surface area contributed by atoms with Crippen LogP contribution in [0.3, 0.4) is 0 Å². The van der Waals surface area contributed by atoms with Gasteiger partial charge in [0.15, 0.2) is 0 Å². The lowest BCUT2D eigenvalue weighted by Gasteiger charge is -2.28. The smallest absolute Gasteiger partial charge is 0.325 e. The van der Waals surface area contributed by atoms with Gasteiger partial charge < -0.3 is 24.1 Å². The van der Waals surface area contributed by atoms with Crippen molar-refractivity contribution in [1.82, 2.24) is 9.88 Å². The van der Waals surface area contributed by atoms with Crippen LogP contribution in [0, 0.1) is 0 Å². The second kappa shape index (κ2) is 9.72. The van der Waals surface area contributed by atoms with Crippen molar-refractivity contribution in [1.29, 1.82) is 0 Å². The van der Waals surface area contributed by atoms with Crippen molar-refractivity contribution in [3.05, 3.63) is 59.2 Å². The number of carbonyl (C=O) groups excluding carboxylic acids is 2. The van der Waals surface area contributed by atoms with Gasteiger partial charge in [0, 0.05) is 27.6 Å². The first kappa shape index (κ1) is 24.0. The fraction of sp³-hybridized carbons (Fsp3) is 0.379. The maximum Gasteiger partial charge on any atom is 0.325 e. The molecule has 2 heterocycles. The Balaban J connectivity index is 1.74. The highest BCUT2D eigenvalue weighted by Crippen LogP contribution is 2.50. The van der Waals surface area contributed by atoms with Crippen LogP contribution in [0.25, 0.3) is 22.2 Å². The van der Waals surface area contributed by atoms with Crippen LogP contribution in [0.15, 0.2) is 53.6 Å². The Hall–Kier alpha value is -3.74. The molecule has 1 aliphatic carbocycles. The van der Waals surface area contributed by atoms with Crippen molar-refractivity contribution < 1.29 is 23.8 Å². The standard InChI is InChI=1S/C29H32N2O5/c1-17(2)36-25(32)16-31-28(19-9-5-6-10-20(19)29(31)33)26-21-11-7-8-12-23(21)30-27(26)22-15-18(34-3)13-14-24(22)35-4/h7-8,11-15,17,28,30H,5-6,9-10,16H2,1-4H3/t28-/m1/s1. The monoisotopic (exact) mass is 488 g/mol. The van der Waals surface area contributed by atoms with E-state index in [4.69, 9.17) is 14.2 Å². The van der Waals surface area contributed by atoms with E-state index in [-0.39, 0.29) is 24.6 Å². The molecule has 2 aliphatic rings. The summed E-state index contributed by atoms with van der Waals surface area (Å²) in [6, 6.07) is 13.4. The Morgan fingerprint density at radius 3 is 2.61 bits per heavy atom. The third-order valence-electron chi connectivity index (χ3n) is 7.03. The van der Waals surface area contributed by atoms with Crippen molar-refractivity contribution >= 4 is 22.8 Å². The zero-order chi connectivity index (χ0) is 25.4. The highest BCUT2D eigenvalue weighted by Gasteiger charge is 2.43. The largest absolute Gasteiger partial charge is 0.497 e. The summed E-state index contributed by atoms with van der Waals surface area (Å²) in [5.74, 6) is 0.928. The predicted octanol–water partition coefficient (Wildman–Crippen LogP) is 5.56. The van der Waals surface area contributed by atoms with Gasteiger partial charge in [-0.1, -0.05) is 18.2 Å². The molecule has 0 radical (unpaired) electrons. The molecular weight excluding hydrogens is 456 g/mol. The highest BCUT2D eigenvalue weighted by molar-refractivity contribution is 6.02. The van der Waals surface area contributed by atoms with E-state index < -0.39 is 5.97 Å². The van der Waals surface area contributed by atoms with E-state index in [1.165, 1.54) is 0 Å². The van der Waals surface area contributed by atoms with Gasteiger partial charge in [-0.05, 0) is 69.4 Å². The number of esters is 1. The number of aromatic amines is 1. The average Bonchev–Trinajstić information content (AvgIpc) is 3.38. The molecule has 36 heavy (non-hydrogen) atoms. The number of hydrogen-bond donors (Lipinski definition) is 1. The molecule has 1 aliphatic heterocycles. The minimum atomic E-state index is -0.399. The van der Waals surface area contributed by atoms with Gasteiger partial charge in [0.2, 0.25) is 0 Å². The molecule has 7 heteroatoms.